The number of hydrogen-bond acceptors (Lipinski definition) is 7. The van der Waals surface area contributed by atoms with Gasteiger partial charge in [-0.3, -0.25) is 19.4 Å². The second-order valence-electron chi connectivity index (χ2n) is 9.68. The van der Waals surface area contributed by atoms with Crippen molar-refractivity contribution in [1.82, 2.24) is 5.01 Å². The van der Waals surface area contributed by atoms with Gasteiger partial charge >= 0.3 is 0 Å². The van der Waals surface area contributed by atoms with E-state index >= 15 is 0 Å². The number of ether oxygens (including phenoxy) is 2. The van der Waals surface area contributed by atoms with Crippen molar-refractivity contribution < 1.29 is 29.0 Å². The predicted octanol–water partition coefficient (Wildman–Crippen LogP) is 6.06. The minimum absolute atomic E-state index is 0.00637. The number of nitrogens with one attached hydrogen (secondary N) is 1. The summed E-state index contributed by atoms with van der Waals surface area (Å²) in [6, 6.07) is 14.1. The molecule has 40 heavy (non-hydrogen) atoms. The number of benzene rings is 3. The Morgan fingerprint density at radius 2 is 1.73 bits per heavy atom. The molecular formula is C30H32ClN3O6. The summed E-state index contributed by atoms with van der Waals surface area (Å²) >= 11 is 6.44. The van der Waals surface area contributed by atoms with Crippen LogP contribution in [0.3, 0.4) is 0 Å². The van der Waals surface area contributed by atoms with E-state index in [0.29, 0.717) is 29.2 Å². The van der Waals surface area contributed by atoms with Crippen molar-refractivity contribution in [3.63, 3.8) is 0 Å². The van der Waals surface area contributed by atoms with Crippen LogP contribution in [-0.2, 0) is 14.4 Å². The third-order valence-electron chi connectivity index (χ3n) is 6.72. The molecule has 4 rings (SSSR count). The van der Waals surface area contributed by atoms with E-state index in [1.54, 1.807) is 38.2 Å². The number of imide groups is 1. The first-order chi connectivity index (χ1) is 19.0. The van der Waals surface area contributed by atoms with E-state index in [1.165, 1.54) is 11.1 Å². The van der Waals surface area contributed by atoms with Crippen molar-refractivity contribution in [2.45, 2.75) is 53.1 Å². The summed E-state index contributed by atoms with van der Waals surface area (Å²) in [5.74, 6) is -0.173. The van der Waals surface area contributed by atoms with Crippen LogP contribution in [0, 0.1) is 20.8 Å². The Hall–Kier alpha value is -4.24. The van der Waals surface area contributed by atoms with Crippen LogP contribution >= 0.6 is 11.6 Å². The maximum absolute atomic E-state index is 13.2. The molecule has 1 aliphatic rings. The smallest absolute Gasteiger partial charge is 0.265 e. The van der Waals surface area contributed by atoms with Crippen molar-refractivity contribution in [3.05, 3.63) is 70.2 Å². The summed E-state index contributed by atoms with van der Waals surface area (Å²) in [6.45, 7) is 7.38. The number of carbonyl (C=O) groups excluding carboxylic acids is 3. The first-order valence-corrected chi connectivity index (χ1v) is 13.3. The third-order valence-corrected chi connectivity index (χ3v) is 7.18. The monoisotopic (exact) mass is 565 g/mol. The second kappa shape index (κ2) is 11.9. The fourth-order valence-electron chi connectivity index (χ4n) is 4.47. The van der Waals surface area contributed by atoms with Crippen LogP contribution in [0.25, 0.3) is 0 Å². The van der Waals surface area contributed by atoms with Crippen molar-refractivity contribution in [3.8, 4) is 23.0 Å². The Bertz CT molecular complexity index is 1460. The minimum Gasteiger partial charge on any atom is -0.504 e. The van der Waals surface area contributed by atoms with E-state index in [9.17, 15) is 19.5 Å². The molecular weight excluding hydrogens is 534 g/mol. The van der Waals surface area contributed by atoms with E-state index in [4.69, 9.17) is 21.1 Å². The van der Waals surface area contributed by atoms with Crippen LogP contribution < -0.4 is 19.8 Å². The maximum Gasteiger partial charge on any atom is 0.265 e. The van der Waals surface area contributed by atoms with E-state index in [2.05, 4.69) is 5.32 Å². The van der Waals surface area contributed by atoms with E-state index in [1.807, 2.05) is 39.0 Å². The lowest BCUT2D eigenvalue weighted by atomic mass is 10.1. The molecule has 1 atom stereocenters. The molecule has 3 aromatic carbocycles. The number of carbonyl (C=O) groups is 3. The molecule has 0 aromatic heterocycles. The highest BCUT2D eigenvalue weighted by molar-refractivity contribution is 6.33. The van der Waals surface area contributed by atoms with Crippen LogP contribution in [0.2, 0.25) is 5.02 Å². The number of anilines is 2. The van der Waals surface area contributed by atoms with Gasteiger partial charge in [-0.25, -0.2) is 0 Å². The highest BCUT2D eigenvalue weighted by atomic mass is 35.5. The number of phenols is 1. The number of para-hydroxylation sites is 2. The first-order valence-electron chi connectivity index (χ1n) is 12.9. The molecule has 3 aromatic rings. The summed E-state index contributed by atoms with van der Waals surface area (Å²) in [7, 11) is 1.60. The number of aryl methyl sites for hydroxylation is 2. The maximum atomic E-state index is 13.2. The van der Waals surface area contributed by atoms with Gasteiger partial charge in [0.15, 0.2) is 17.6 Å². The fraction of sp³-hybridized carbons (Fsp3) is 0.300. The first kappa shape index (κ1) is 28.8. The highest BCUT2D eigenvalue weighted by Gasteiger charge is 2.33. The van der Waals surface area contributed by atoms with Crippen molar-refractivity contribution in [2.75, 3.05) is 17.4 Å². The quantitative estimate of drug-likeness (QED) is 0.240. The van der Waals surface area contributed by atoms with Gasteiger partial charge in [0.05, 0.1) is 10.7 Å². The average molecular weight is 566 g/mol. The lowest BCUT2D eigenvalue weighted by molar-refractivity contribution is -0.138. The molecule has 0 spiro atoms. The fourth-order valence-corrected chi connectivity index (χ4v) is 4.66. The minimum atomic E-state index is -0.824. The number of hydrazine groups is 1. The lowest BCUT2D eigenvalue weighted by Gasteiger charge is -2.29. The van der Waals surface area contributed by atoms with Crippen molar-refractivity contribution in [1.29, 1.82) is 0 Å². The molecule has 1 heterocycles. The van der Waals surface area contributed by atoms with Gasteiger partial charge in [-0.05, 0) is 51.0 Å². The second-order valence-corrected chi connectivity index (χ2v) is 10.1. The number of amides is 3. The van der Waals surface area contributed by atoms with E-state index in [-0.39, 0.29) is 46.9 Å². The molecule has 0 radical (unpaired) electrons. The molecule has 0 saturated carbocycles. The molecule has 0 aliphatic carbocycles. The van der Waals surface area contributed by atoms with Gasteiger partial charge in [-0.15, -0.1) is 0 Å². The summed E-state index contributed by atoms with van der Waals surface area (Å²) in [5.41, 5.74) is 2.94. The molecule has 1 saturated heterocycles. The predicted molar refractivity (Wildman–Crippen MR) is 153 cm³/mol. The highest BCUT2D eigenvalue weighted by Crippen LogP contribution is 2.43. The summed E-state index contributed by atoms with van der Waals surface area (Å²) in [4.78, 5) is 37.8. The normalized spacial score (nSPS) is 13.8. The Labute approximate surface area is 238 Å². The van der Waals surface area contributed by atoms with E-state index < -0.39 is 12.0 Å². The topological polar surface area (TPSA) is 108 Å². The van der Waals surface area contributed by atoms with Gasteiger partial charge in [-0.2, -0.15) is 5.01 Å². The molecule has 1 aliphatic heterocycles. The zero-order chi connectivity index (χ0) is 29.1. The molecule has 9 nitrogen and oxygen atoms in total. The molecule has 0 bridgehead atoms. The Kier molecular flexibility index (Phi) is 8.54. The van der Waals surface area contributed by atoms with Gasteiger partial charge in [0.25, 0.3) is 5.91 Å². The largest absolute Gasteiger partial charge is 0.504 e. The molecule has 1 fully saturated rings. The van der Waals surface area contributed by atoms with Gasteiger partial charge in [0, 0.05) is 31.5 Å². The summed E-state index contributed by atoms with van der Waals surface area (Å²) in [6.07, 6.45) is -0.145. The summed E-state index contributed by atoms with van der Waals surface area (Å²) < 4.78 is 12.2. The number of hydrogen-bond donors (Lipinski definition) is 2. The zero-order valence-electron chi connectivity index (χ0n) is 23.1. The van der Waals surface area contributed by atoms with Crippen LogP contribution in [0.4, 0.5) is 11.4 Å². The van der Waals surface area contributed by atoms with Crippen LogP contribution in [-0.4, -0.2) is 41.0 Å². The Balaban J connectivity index is 1.60. The third kappa shape index (κ3) is 5.84. The molecule has 210 valence electrons. The molecule has 2 N–H and O–H groups in total. The zero-order valence-corrected chi connectivity index (χ0v) is 23.8. The molecule has 3 amide bonds. The Morgan fingerprint density at radius 3 is 2.38 bits per heavy atom. The lowest BCUT2D eigenvalue weighted by Crippen LogP contribution is -2.43. The van der Waals surface area contributed by atoms with Crippen LogP contribution in [0.5, 0.6) is 23.0 Å². The number of phenolic OH excluding ortho intramolecular Hbond substituents is 1. The number of nitrogens with zero attached hydrogens (tertiary/aromatic N) is 2. The summed E-state index contributed by atoms with van der Waals surface area (Å²) in [5, 5.41) is 16.0. The number of rotatable bonds is 9. The SMILES string of the molecule is CCC(Oc1ccc(C)cc1C)C(=O)Nc1cc(Oc2ccccc2N(C)N2C(=O)CCC2=O)c(C)c(Cl)c1O. The molecule has 1 unspecified atom stereocenters. The Morgan fingerprint density at radius 1 is 1.05 bits per heavy atom. The molecule has 10 heteroatoms. The van der Waals surface area contributed by atoms with E-state index in [0.717, 1.165) is 16.1 Å². The van der Waals surface area contributed by atoms with Crippen LogP contribution in [0.15, 0.2) is 48.5 Å². The van der Waals surface area contributed by atoms with Gasteiger partial charge in [0.2, 0.25) is 11.8 Å². The average Bonchev–Trinajstić information content (AvgIpc) is 3.27. The van der Waals surface area contributed by atoms with Gasteiger partial charge in [-0.1, -0.05) is 48.4 Å². The van der Waals surface area contributed by atoms with Gasteiger partial charge in [0.1, 0.15) is 17.2 Å². The van der Waals surface area contributed by atoms with Crippen molar-refractivity contribution in [2.24, 2.45) is 0 Å². The van der Waals surface area contributed by atoms with Crippen molar-refractivity contribution >= 4 is 40.7 Å². The number of halogens is 1. The van der Waals surface area contributed by atoms with Crippen LogP contribution in [0.1, 0.15) is 42.9 Å². The number of aromatic hydroxyl groups is 1. The standard InChI is InChI=1S/C30H32ClN3O6/c1-6-22(39-23-12-11-17(2)15-18(23)3)30(38)32-20-16-25(19(4)28(31)29(20)37)40-24-10-8-7-9-21(24)33(5)34-26(35)13-14-27(34)36/h7-12,15-16,22,37H,6,13-14H2,1-5H3,(H,32,38). The van der Waals surface area contributed by atoms with Gasteiger partial charge < -0.3 is 19.9 Å².